The van der Waals surface area contributed by atoms with E-state index in [1.54, 1.807) is 0 Å². The minimum absolute atomic E-state index is 0.518. The second-order valence-corrected chi connectivity index (χ2v) is 6.06. The minimum atomic E-state index is 0.518. The molecular formula is C15H20N4S2. The Hall–Kier alpha value is -1.66. The highest BCUT2D eigenvalue weighted by Crippen LogP contribution is 2.14. The smallest absolute Gasteiger partial charge is 0.201 e. The van der Waals surface area contributed by atoms with Crippen molar-refractivity contribution in [2.45, 2.75) is 33.1 Å². The molecule has 3 N–H and O–H groups in total. The molecule has 0 bridgehead atoms. The lowest BCUT2D eigenvalue weighted by Gasteiger charge is -2.11. The molecule has 0 radical (unpaired) electrons. The van der Waals surface area contributed by atoms with E-state index in [1.165, 1.54) is 29.7 Å². The van der Waals surface area contributed by atoms with Crippen LogP contribution in [0.25, 0.3) is 0 Å². The topological polar surface area (TPSA) is 49.0 Å². The second kappa shape index (κ2) is 7.95. The third kappa shape index (κ3) is 5.32. The summed E-state index contributed by atoms with van der Waals surface area (Å²) in [5, 5.41) is 6.43. The van der Waals surface area contributed by atoms with Crippen molar-refractivity contribution in [3.05, 3.63) is 40.9 Å². The van der Waals surface area contributed by atoms with Crippen LogP contribution in [0.1, 0.15) is 31.0 Å². The molecule has 0 aliphatic carbocycles. The van der Waals surface area contributed by atoms with E-state index in [2.05, 4.69) is 40.2 Å². The fraction of sp³-hybridized carbons (Fsp3) is 0.333. The fourth-order valence-electron chi connectivity index (χ4n) is 1.82. The van der Waals surface area contributed by atoms with Gasteiger partial charge < -0.3 is 5.32 Å². The van der Waals surface area contributed by atoms with Crippen LogP contribution in [-0.2, 0) is 6.42 Å². The fourth-order valence-corrected chi connectivity index (χ4v) is 2.63. The van der Waals surface area contributed by atoms with Crippen LogP contribution in [0.3, 0.4) is 0 Å². The molecule has 1 heterocycles. The Bertz CT molecular complexity index is 578. The Kier molecular flexibility index (Phi) is 5.95. The molecule has 2 rings (SSSR count). The zero-order valence-corrected chi connectivity index (χ0v) is 13.9. The highest BCUT2D eigenvalue weighted by atomic mass is 32.1. The molecule has 112 valence electrons. The van der Waals surface area contributed by atoms with Crippen LogP contribution < -0.4 is 16.2 Å². The van der Waals surface area contributed by atoms with Crippen molar-refractivity contribution in [3.8, 4) is 0 Å². The van der Waals surface area contributed by atoms with Gasteiger partial charge in [0.25, 0.3) is 0 Å². The summed E-state index contributed by atoms with van der Waals surface area (Å²) in [7, 11) is 0. The van der Waals surface area contributed by atoms with E-state index < -0.39 is 0 Å². The van der Waals surface area contributed by atoms with E-state index in [1.807, 2.05) is 24.4 Å². The van der Waals surface area contributed by atoms with Gasteiger partial charge in [0.15, 0.2) is 5.11 Å². The van der Waals surface area contributed by atoms with Crippen molar-refractivity contribution in [2.75, 3.05) is 10.7 Å². The normalized spacial score (nSPS) is 10.2. The molecule has 4 nitrogen and oxygen atoms in total. The lowest BCUT2D eigenvalue weighted by molar-refractivity contribution is 0.795. The van der Waals surface area contributed by atoms with Crippen LogP contribution in [-0.4, -0.2) is 10.1 Å². The monoisotopic (exact) mass is 320 g/mol. The number of hydrazine groups is 1. The van der Waals surface area contributed by atoms with Crippen molar-refractivity contribution in [3.63, 3.8) is 0 Å². The Morgan fingerprint density at radius 2 is 2.05 bits per heavy atom. The first kappa shape index (κ1) is 15.7. The number of hydrogen-bond donors (Lipinski definition) is 3. The summed E-state index contributed by atoms with van der Waals surface area (Å²) < 4.78 is 0. The van der Waals surface area contributed by atoms with E-state index in [0.717, 1.165) is 22.9 Å². The molecule has 6 heteroatoms. The number of rotatable bonds is 6. The van der Waals surface area contributed by atoms with Gasteiger partial charge in [0.1, 0.15) is 0 Å². The predicted octanol–water partition coefficient (Wildman–Crippen LogP) is 4.11. The maximum absolute atomic E-state index is 5.24. The molecule has 1 aromatic carbocycles. The first-order valence-corrected chi connectivity index (χ1v) is 8.30. The summed E-state index contributed by atoms with van der Waals surface area (Å²) in [6, 6.07) is 8.37. The Labute approximate surface area is 135 Å². The Morgan fingerprint density at radius 1 is 1.29 bits per heavy atom. The number of benzene rings is 1. The molecule has 0 saturated heterocycles. The number of thiazole rings is 1. The summed E-state index contributed by atoms with van der Waals surface area (Å²) in [4.78, 5) is 4.29. The first-order valence-electron chi connectivity index (χ1n) is 7.01. The summed E-state index contributed by atoms with van der Waals surface area (Å²) in [6.07, 6.45) is 3.57. The molecule has 0 aliphatic rings. The quantitative estimate of drug-likeness (QED) is 0.552. The number of hydrogen-bond acceptors (Lipinski definition) is 4. The van der Waals surface area contributed by atoms with Gasteiger partial charge in [0.2, 0.25) is 5.13 Å². The van der Waals surface area contributed by atoms with Gasteiger partial charge in [-0.25, -0.2) is 4.98 Å². The average Bonchev–Trinajstić information content (AvgIpc) is 2.90. The zero-order chi connectivity index (χ0) is 15.1. The van der Waals surface area contributed by atoms with E-state index in [0.29, 0.717) is 5.11 Å². The van der Waals surface area contributed by atoms with Gasteiger partial charge in [-0.05, 0) is 49.7 Å². The molecule has 0 fully saturated rings. The molecule has 21 heavy (non-hydrogen) atoms. The number of aryl methyl sites for hydroxylation is 2. The second-order valence-electron chi connectivity index (χ2n) is 4.80. The number of nitrogens with zero attached hydrogens (tertiary/aromatic N) is 1. The van der Waals surface area contributed by atoms with E-state index in [4.69, 9.17) is 12.2 Å². The number of anilines is 2. The third-order valence-corrected chi connectivity index (χ3v) is 4.01. The zero-order valence-electron chi connectivity index (χ0n) is 12.3. The van der Waals surface area contributed by atoms with Gasteiger partial charge in [-0.1, -0.05) is 25.5 Å². The third-order valence-electron chi connectivity index (χ3n) is 2.93. The van der Waals surface area contributed by atoms with E-state index in [-0.39, 0.29) is 0 Å². The lowest BCUT2D eigenvalue weighted by Crippen LogP contribution is -2.33. The predicted molar refractivity (Wildman–Crippen MR) is 94.9 cm³/mol. The van der Waals surface area contributed by atoms with Gasteiger partial charge >= 0.3 is 0 Å². The molecule has 0 saturated carbocycles. The largest absolute Gasteiger partial charge is 0.331 e. The maximum Gasteiger partial charge on any atom is 0.201 e. The van der Waals surface area contributed by atoms with Gasteiger partial charge in [-0.15, -0.1) is 11.3 Å². The van der Waals surface area contributed by atoms with Crippen molar-refractivity contribution in [1.29, 1.82) is 0 Å². The van der Waals surface area contributed by atoms with Crippen LogP contribution in [0.5, 0.6) is 0 Å². The van der Waals surface area contributed by atoms with Crippen molar-refractivity contribution < 1.29 is 0 Å². The first-order chi connectivity index (χ1) is 10.2. The molecule has 0 spiro atoms. The number of aromatic nitrogens is 1. The number of unbranched alkanes of at least 4 members (excludes halogenated alkanes) is 1. The average molecular weight is 320 g/mol. The van der Waals surface area contributed by atoms with Gasteiger partial charge in [-0.2, -0.15) is 0 Å². The van der Waals surface area contributed by atoms with Crippen LogP contribution in [0.2, 0.25) is 0 Å². The van der Waals surface area contributed by atoms with E-state index >= 15 is 0 Å². The van der Waals surface area contributed by atoms with Crippen LogP contribution in [0.4, 0.5) is 10.8 Å². The maximum atomic E-state index is 5.24. The Morgan fingerprint density at radius 3 is 2.67 bits per heavy atom. The van der Waals surface area contributed by atoms with Crippen molar-refractivity contribution in [2.24, 2.45) is 0 Å². The molecule has 0 amide bonds. The highest BCUT2D eigenvalue weighted by molar-refractivity contribution is 7.80. The molecule has 0 aliphatic heterocycles. The number of nitrogens with one attached hydrogen (secondary N) is 3. The summed E-state index contributed by atoms with van der Waals surface area (Å²) in [6.45, 7) is 4.16. The summed E-state index contributed by atoms with van der Waals surface area (Å²) in [5.74, 6) is 0. The lowest BCUT2D eigenvalue weighted by atomic mass is 10.1. The molecule has 0 unspecified atom stereocenters. The van der Waals surface area contributed by atoms with Gasteiger partial charge in [-0.3, -0.25) is 10.9 Å². The summed E-state index contributed by atoms with van der Waals surface area (Å²) >= 11 is 6.77. The van der Waals surface area contributed by atoms with Gasteiger partial charge in [0.05, 0.1) is 5.69 Å². The van der Waals surface area contributed by atoms with E-state index in [9.17, 15) is 0 Å². The highest BCUT2D eigenvalue weighted by Gasteiger charge is 2.00. The number of thiocarbonyl (C=S) groups is 1. The molecule has 1 aromatic heterocycles. The molecule has 0 atom stereocenters. The molecule has 2 aromatic rings. The standard InChI is InChI=1S/C15H20N4S2/c1-3-4-5-12-6-8-13(9-7-12)17-14(20)18-19-15-16-11(2)10-21-15/h6-10H,3-5H2,1-2H3,(H,16,19)(H2,17,18,20). The molecular weight excluding hydrogens is 300 g/mol. The van der Waals surface area contributed by atoms with Crippen LogP contribution in [0.15, 0.2) is 29.6 Å². The van der Waals surface area contributed by atoms with Crippen molar-refractivity contribution in [1.82, 2.24) is 10.4 Å². The minimum Gasteiger partial charge on any atom is -0.331 e. The Balaban J connectivity index is 1.79. The summed E-state index contributed by atoms with van der Waals surface area (Å²) in [5.41, 5.74) is 9.23. The SMILES string of the molecule is CCCCc1ccc(NC(=S)NNc2nc(C)cs2)cc1. The van der Waals surface area contributed by atoms with Crippen LogP contribution in [0, 0.1) is 6.92 Å². The van der Waals surface area contributed by atoms with Crippen LogP contribution >= 0.6 is 23.6 Å². The van der Waals surface area contributed by atoms with Gasteiger partial charge in [0, 0.05) is 11.1 Å². The van der Waals surface area contributed by atoms with Crippen molar-refractivity contribution >= 4 is 39.5 Å².